The van der Waals surface area contributed by atoms with Crippen molar-refractivity contribution in [3.05, 3.63) is 103 Å². The second-order valence-electron chi connectivity index (χ2n) is 9.01. The van der Waals surface area contributed by atoms with Crippen LogP contribution in [0.1, 0.15) is 5.56 Å². The van der Waals surface area contributed by atoms with Crippen molar-refractivity contribution in [1.29, 1.82) is 0 Å². The van der Waals surface area contributed by atoms with E-state index in [2.05, 4.69) is 88.8 Å². The fraction of sp³-hybridized carbons (Fsp3) is 0.0323. The molecule has 2 aliphatic rings. The summed E-state index contributed by atoms with van der Waals surface area (Å²) < 4.78 is 15.4. The second-order valence-corrected chi connectivity index (χ2v) is 9.01. The average Bonchev–Trinajstić information content (AvgIpc) is 3.26. The molecule has 0 fully saturated rings. The lowest BCUT2D eigenvalue weighted by molar-refractivity contribution is 0.366. The molecule has 5 aromatic carbocycles. The Hall–Kier alpha value is -4.70. The summed E-state index contributed by atoms with van der Waals surface area (Å²) in [5.74, 6) is 2.97. The van der Waals surface area contributed by atoms with E-state index in [1.54, 1.807) is 0 Å². The molecule has 1 N–H and O–H groups in total. The van der Waals surface area contributed by atoms with Crippen molar-refractivity contribution >= 4 is 44.3 Å². The third-order valence-electron chi connectivity index (χ3n) is 7.02. The molecule has 3 heterocycles. The van der Waals surface area contributed by atoms with Gasteiger partial charge >= 0.3 is 0 Å². The molecule has 0 spiro atoms. The first kappa shape index (κ1) is 18.7. The van der Waals surface area contributed by atoms with Crippen molar-refractivity contribution in [2.75, 3.05) is 11.9 Å². The first-order valence-electron chi connectivity index (χ1n) is 11.8. The number of hydrogen-bond donors (Lipinski definition) is 1. The van der Waals surface area contributed by atoms with Gasteiger partial charge in [-0.25, -0.2) is 0 Å². The van der Waals surface area contributed by atoms with Gasteiger partial charge in [-0.1, -0.05) is 66.7 Å². The largest absolute Gasteiger partial charge is 0.449 e. The van der Waals surface area contributed by atoms with Crippen LogP contribution in [0.5, 0.6) is 23.0 Å². The molecular weight excluding hydrogens is 432 g/mol. The number of benzene rings is 5. The fourth-order valence-corrected chi connectivity index (χ4v) is 5.42. The summed E-state index contributed by atoms with van der Waals surface area (Å²) >= 11 is 0. The highest BCUT2D eigenvalue weighted by Gasteiger charge is 2.27. The van der Waals surface area contributed by atoms with Gasteiger partial charge in [-0.15, -0.1) is 0 Å². The van der Waals surface area contributed by atoms with Crippen LogP contribution in [0.15, 0.2) is 97.1 Å². The van der Waals surface area contributed by atoms with E-state index in [0.717, 1.165) is 68.1 Å². The van der Waals surface area contributed by atoms with Crippen LogP contribution in [0.25, 0.3) is 44.3 Å². The molecular formula is C31H20N2O2. The Bertz CT molecular complexity index is 1860. The lowest BCUT2D eigenvalue weighted by Crippen LogP contribution is -2.06. The van der Waals surface area contributed by atoms with E-state index in [9.17, 15) is 0 Å². The van der Waals surface area contributed by atoms with Crippen molar-refractivity contribution in [2.45, 2.75) is 0 Å². The lowest BCUT2D eigenvalue weighted by Gasteiger charge is -2.23. The van der Waals surface area contributed by atoms with Crippen molar-refractivity contribution in [2.24, 2.45) is 0 Å². The Kier molecular flexibility index (Phi) is 3.69. The first-order valence-corrected chi connectivity index (χ1v) is 11.8. The molecule has 0 atom stereocenters. The van der Waals surface area contributed by atoms with E-state index < -0.39 is 0 Å². The van der Waals surface area contributed by atoms with Crippen molar-refractivity contribution in [3.8, 4) is 28.7 Å². The molecule has 0 unspecified atom stereocenters. The van der Waals surface area contributed by atoms with Crippen LogP contribution in [0.4, 0.5) is 5.69 Å². The zero-order valence-corrected chi connectivity index (χ0v) is 18.8. The van der Waals surface area contributed by atoms with Gasteiger partial charge in [0.05, 0.1) is 5.52 Å². The van der Waals surface area contributed by atoms with Gasteiger partial charge in [0.25, 0.3) is 0 Å². The SMILES string of the molecule is C1=Cc2ccc(-n3c4ccccc4c4ccc5c(c43)Oc3ccc4ccccc4c3O5)cc2NC1. The number of aromatic nitrogens is 1. The number of nitrogens with one attached hydrogen (secondary N) is 1. The van der Waals surface area contributed by atoms with Crippen LogP contribution in [0.3, 0.4) is 0 Å². The van der Waals surface area contributed by atoms with Crippen LogP contribution >= 0.6 is 0 Å². The minimum Gasteiger partial charge on any atom is -0.449 e. The van der Waals surface area contributed by atoms with Crippen LogP contribution in [-0.2, 0) is 0 Å². The van der Waals surface area contributed by atoms with Gasteiger partial charge in [0, 0.05) is 34.1 Å². The Morgan fingerprint density at radius 3 is 2.46 bits per heavy atom. The molecule has 2 aliphatic heterocycles. The standard InChI is InChI=1S/C31H20N2O2/c1-2-8-22-19(6-1)12-15-27-30(22)34-28-16-14-24-23-9-3-4-10-26(23)33(29(24)31(28)35-27)21-13-11-20-7-5-17-32-25(20)18-21/h1-16,18,32H,17H2. The predicted octanol–water partition coefficient (Wildman–Crippen LogP) is 8.27. The Balaban J connectivity index is 1.42. The summed E-state index contributed by atoms with van der Waals surface area (Å²) in [6, 6.07) is 31.6. The topological polar surface area (TPSA) is 35.4 Å². The maximum Gasteiger partial charge on any atom is 0.194 e. The molecule has 8 rings (SSSR count). The number of rotatable bonds is 1. The maximum absolute atomic E-state index is 6.63. The van der Waals surface area contributed by atoms with Gasteiger partial charge in [0.15, 0.2) is 23.0 Å². The van der Waals surface area contributed by atoms with E-state index in [4.69, 9.17) is 9.47 Å². The van der Waals surface area contributed by atoms with Gasteiger partial charge < -0.3 is 19.4 Å². The highest BCUT2D eigenvalue weighted by atomic mass is 16.6. The second kappa shape index (κ2) is 6.90. The van der Waals surface area contributed by atoms with Crippen LogP contribution in [-0.4, -0.2) is 11.1 Å². The summed E-state index contributed by atoms with van der Waals surface area (Å²) in [4.78, 5) is 0. The average molecular weight is 453 g/mol. The molecule has 0 aliphatic carbocycles. The van der Waals surface area contributed by atoms with Crippen molar-refractivity contribution < 1.29 is 9.47 Å². The number of ether oxygens (including phenoxy) is 2. The quantitative estimate of drug-likeness (QED) is 0.272. The van der Waals surface area contributed by atoms with Gasteiger partial charge in [-0.2, -0.15) is 0 Å². The number of hydrogen-bond acceptors (Lipinski definition) is 3. The van der Waals surface area contributed by atoms with Gasteiger partial charge in [-0.3, -0.25) is 0 Å². The third-order valence-corrected chi connectivity index (χ3v) is 7.02. The first-order chi connectivity index (χ1) is 17.3. The Morgan fingerprint density at radius 1 is 0.686 bits per heavy atom. The monoisotopic (exact) mass is 452 g/mol. The zero-order valence-electron chi connectivity index (χ0n) is 18.8. The van der Waals surface area contributed by atoms with E-state index >= 15 is 0 Å². The molecule has 0 saturated carbocycles. The number of fused-ring (bicyclic) bond motifs is 9. The maximum atomic E-state index is 6.63. The highest BCUT2D eigenvalue weighted by Crippen LogP contribution is 2.52. The summed E-state index contributed by atoms with van der Waals surface area (Å²) in [6.45, 7) is 0.834. The van der Waals surface area contributed by atoms with Gasteiger partial charge in [0.2, 0.25) is 0 Å². The molecule has 0 saturated heterocycles. The molecule has 6 aromatic rings. The molecule has 0 radical (unpaired) electrons. The molecule has 4 heteroatoms. The van der Waals surface area contributed by atoms with Gasteiger partial charge in [0.1, 0.15) is 5.52 Å². The zero-order chi connectivity index (χ0) is 22.9. The fourth-order valence-electron chi connectivity index (χ4n) is 5.42. The molecule has 35 heavy (non-hydrogen) atoms. The smallest absolute Gasteiger partial charge is 0.194 e. The van der Waals surface area contributed by atoms with Crippen LogP contribution in [0.2, 0.25) is 0 Å². The Labute approximate surface area is 201 Å². The molecule has 4 nitrogen and oxygen atoms in total. The molecule has 166 valence electrons. The summed E-state index contributed by atoms with van der Waals surface area (Å²) in [7, 11) is 0. The number of nitrogens with zero attached hydrogens (tertiary/aromatic N) is 1. The summed E-state index contributed by atoms with van der Waals surface area (Å²) in [5, 5.41) is 7.99. The third kappa shape index (κ3) is 2.62. The highest BCUT2D eigenvalue weighted by molar-refractivity contribution is 6.12. The number of para-hydroxylation sites is 1. The number of anilines is 1. The van der Waals surface area contributed by atoms with Crippen molar-refractivity contribution in [1.82, 2.24) is 4.57 Å². The molecule has 0 bridgehead atoms. The minimum atomic E-state index is 0.726. The van der Waals surface area contributed by atoms with E-state index in [-0.39, 0.29) is 0 Å². The molecule has 0 amide bonds. The van der Waals surface area contributed by atoms with Crippen LogP contribution in [0, 0.1) is 0 Å². The molecule has 1 aromatic heterocycles. The lowest BCUT2D eigenvalue weighted by atomic mass is 10.1. The van der Waals surface area contributed by atoms with Crippen molar-refractivity contribution in [3.63, 3.8) is 0 Å². The summed E-state index contributed by atoms with van der Waals surface area (Å²) in [5.41, 5.74) is 5.56. The van der Waals surface area contributed by atoms with E-state index in [1.165, 1.54) is 10.9 Å². The van der Waals surface area contributed by atoms with Crippen LogP contribution < -0.4 is 14.8 Å². The van der Waals surface area contributed by atoms with Gasteiger partial charge in [-0.05, 0) is 47.3 Å². The normalized spacial score (nSPS) is 13.6. The Morgan fingerprint density at radius 2 is 1.49 bits per heavy atom. The summed E-state index contributed by atoms with van der Waals surface area (Å²) in [6.07, 6.45) is 4.31. The van der Waals surface area contributed by atoms with E-state index in [1.807, 2.05) is 24.3 Å². The van der Waals surface area contributed by atoms with E-state index in [0.29, 0.717) is 0 Å². The predicted molar refractivity (Wildman–Crippen MR) is 142 cm³/mol. The minimum absolute atomic E-state index is 0.726.